The van der Waals surface area contributed by atoms with Gasteiger partial charge < -0.3 is 19.7 Å². The van der Waals surface area contributed by atoms with Crippen molar-refractivity contribution in [1.29, 1.82) is 0 Å². The first-order valence-electron chi connectivity index (χ1n) is 13.0. The number of piperidine rings is 1. The predicted molar refractivity (Wildman–Crippen MR) is 138 cm³/mol. The number of amides is 1. The Kier molecular flexibility index (Phi) is 8.49. The van der Waals surface area contributed by atoms with Gasteiger partial charge in [-0.1, -0.05) is 37.8 Å². The molecule has 1 aliphatic carbocycles. The summed E-state index contributed by atoms with van der Waals surface area (Å²) >= 11 is 0. The van der Waals surface area contributed by atoms with E-state index in [1.807, 2.05) is 48.5 Å². The first-order valence-corrected chi connectivity index (χ1v) is 13.0. The van der Waals surface area contributed by atoms with Crippen molar-refractivity contribution in [1.82, 2.24) is 4.90 Å². The highest BCUT2D eigenvalue weighted by atomic mass is 16.5. The Labute approximate surface area is 204 Å². The molecule has 4 rings (SSSR count). The van der Waals surface area contributed by atoms with Crippen molar-refractivity contribution >= 4 is 11.6 Å². The minimum atomic E-state index is -0.481. The fourth-order valence-corrected chi connectivity index (χ4v) is 5.54. The molecule has 34 heavy (non-hydrogen) atoms. The number of carbonyl (C=O) groups is 1. The fourth-order valence-electron chi connectivity index (χ4n) is 5.54. The monoisotopic (exact) mass is 464 g/mol. The number of nitrogens with zero attached hydrogens (tertiary/aromatic N) is 1. The standard InChI is InChI=1S/C29H40N2O3/c1-23-9-4-7-20-31(23)21-8-22-34-27-16-12-25(13-17-27)30-28(32)29(18-5-3-6-19-29)24-10-14-26(33-2)15-11-24/h10-17,23H,3-9,18-22H2,1-2H3,(H,30,32)/t23-/m1/s1. The Balaban J connectivity index is 1.32. The van der Waals surface area contributed by atoms with Gasteiger partial charge in [0.05, 0.1) is 19.1 Å². The summed E-state index contributed by atoms with van der Waals surface area (Å²) in [4.78, 5) is 16.1. The number of nitrogens with one attached hydrogen (secondary N) is 1. The Morgan fingerprint density at radius 2 is 1.68 bits per heavy atom. The van der Waals surface area contributed by atoms with Gasteiger partial charge in [-0.3, -0.25) is 4.79 Å². The second kappa shape index (κ2) is 11.7. The van der Waals surface area contributed by atoms with Crippen molar-refractivity contribution in [2.24, 2.45) is 0 Å². The van der Waals surface area contributed by atoms with Gasteiger partial charge in [0, 0.05) is 18.3 Å². The molecule has 0 spiro atoms. The number of hydrogen-bond acceptors (Lipinski definition) is 4. The van der Waals surface area contributed by atoms with Gasteiger partial charge in [-0.25, -0.2) is 0 Å². The van der Waals surface area contributed by atoms with E-state index in [0.29, 0.717) is 6.04 Å². The Hall–Kier alpha value is -2.53. The van der Waals surface area contributed by atoms with Crippen LogP contribution in [-0.4, -0.2) is 43.7 Å². The zero-order valence-electron chi connectivity index (χ0n) is 20.9. The number of methoxy groups -OCH3 is 1. The van der Waals surface area contributed by atoms with Gasteiger partial charge in [0.25, 0.3) is 0 Å². The van der Waals surface area contributed by atoms with Crippen LogP contribution in [0.3, 0.4) is 0 Å². The van der Waals surface area contributed by atoms with Crippen LogP contribution < -0.4 is 14.8 Å². The molecule has 1 aliphatic heterocycles. The summed E-state index contributed by atoms with van der Waals surface area (Å²) in [6.07, 6.45) is 10.1. The van der Waals surface area contributed by atoms with Crippen LogP contribution >= 0.6 is 0 Å². The number of benzene rings is 2. The number of anilines is 1. The molecule has 1 saturated heterocycles. The van der Waals surface area contributed by atoms with Gasteiger partial charge in [0.1, 0.15) is 11.5 Å². The molecule has 184 valence electrons. The molecule has 2 fully saturated rings. The van der Waals surface area contributed by atoms with Crippen LogP contribution in [0.15, 0.2) is 48.5 Å². The lowest BCUT2D eigenvalue weighted by Gasteiger charge is -2.36. The van der Waals surface area contributed by atoms with E-state index in [0.717, 1.165) is 68.0 Å². The van der Waals surface area contributed by atoms with Gasteiger partial charge >= 0.3 is 0 Å². The Bertz CT molecular complexity index is 904. The van der Waals surface area contributed by atoms with E-state index in [1.165, 1.54) is 32.2 Å². The van der Waals surface area contributed by atoms with Crippen molar-refractivity contribution in [3.63, 3.8) is 0 Å². The van der Waals surface area contributed by atoms with Gasteiger partial charge in [0.2, 0.25) is 5.91 Å². The van der Waals surface area contributed by atoms with Crippen molar-refractivity contribution in [2.45, 2.75) is 76.2 Å². The van der Waals surface area contributed by atoms with E-state index >= 15 is 0 Å². The summed E-state index contributed by atoms with van der Waals surface area (Å²) in [6.45, 7) is 5.37. The Morgan fingerprint density at radius 1 is 0.971 bits per heavy atom. The average Bonchev–Trinajstić information content (AvgIpc) is 2.89. The molecule has 0 unspecified atom stereocenters. The predicted octanol–water partition coefficient (Wildman–Crippen LogP) is 6.18. The Morgan fingerprint density at radius 3 is 2.35 bits per heavy atom. The summed E-state index contributed by atoms with van der Waals surface area (Å²) in [5.74, 6) is 1.75. The van der Waals surface area contributed by atoms with Crippen LogP contribution in [0.5, 0.6) is 11.5 Å². The zero-order chi connectivity index (χ0) is 23.8. The molecule has 2 aromatic rings. The second-order valence-corrected chi connectivity index (χ2v) is 9.93. The summed E-state index contributed by atoms with van der Waals surface area (Å²) in [5, 5.41) is 3.19. The highest BCUT2D eigenvalue weighted by Crippen LogP contribution is 2.41. The molecule has 1 atom stereocenters. The second-order valence-electron chi connectivity index (χ2n) is 9.93. The van der Waals surface area contributed by atoms with Crippen molar-refractivity contribution in [3.8, 4) is 11.5 Å². The first-order chi connectivity index (χ1) is 16.6. The fraction of sp³-hybridized carbons (Fsp3) is 0.552. The summed E-state index contributed by atoms with van der Waals surface area (Å²) in [6, 6.07) is 16.5. The number of likely N-dealkylation sites (tertiary alicyclic amines) is 1. The van der Waals surface area contributed by atoms with Crippen molar-refractivity contribution < 1.29 is 14.3 Å². The lowest BCUT2D eigenvalue weighted by Crippen LogP contribution is -2.42. The van der Waals surface area contributed by atoms with Crippen molar-refractivity contribution in [3.05, 3.63) is 54.1 Å². The van der Waals surface area contributed by atoms with E-state index in [2.05, 4.69) is 17.1 Å². The molecular formula is C29H40N2O3. The van der Waals surface area contributed by atoms with Gasteiger partial charge in [0.15, 0.2) is 0 Å². The molecular weight excluding hydrogens is 424 g/mol. The zero-order valence-corrected chi connectivity index (χ0v) is 20.9. The molecule has 0 bridgehead atoms. The third kappa shape index (κ3) is 5.93. The number of rotatable bonds is 9. The lowest BCUT2D eigenvalue weighted by molar-refractivity contribution is -0.122. The van der Waals surface area contributed by atoms with Crippen LogP contribution in [0.1, 0.15) is 70.3 Å². The molecule has 5 heteroatoms. The van der Waals surface area contributed by atoms with Gasteiger partial charge in [-0.2, -0.15) is 0 Å². The molecule has 2 aliphatic rings. The van der Waals surface area contributed by atoms with E-state index in [-0.39, 0.29) is 5.91 Å². The highest BCUT2D eigenvalue weighted by molar-refractivity contribution is 5.99. The molecule has 1 saturated carbocycles. The number of hydrogen-bond donors (Lipinski definition) is 1. The van der Waals surface area contributed by atoms with E-state index in [9.17, 15) is 4.79 Å². The third-order valence-corrected chi connectivity index (χ3v) is 7.70. The van der Waals surface area contributed by atoms with Gasteiger partial charge in [-0.15, -0.1) is 0 Å². The lowest BCUT2D eigenvalue weighted by atomic mass is 9.68. The van der Waals surface area contributed by atoms with Crippen LogP contribution in [-0.2, 0) is 10.2 Å². The molecule has 0 radical (unpaired) electrons. The number of carbonyl (C=O) groups excluding carboxylic acids is 1. The minimum Gasteiger partial charge on any atom is -0.497 e. The minimum absolute atomic E-state index is 0.0849. The molecule has 0 aromatic heterocycles. The van der Waals surface area contributed by atoms with E-state index < -0.39 is 5.41 Å². The van der Waals surface area contributed by atoms with E-state index in [1.54, 1.807) is 7.11 Å². The first kappa shape index (κ1) is 24.6. The average molecular weight is 465 g/mol. The van der Waals surface area contributed by atoms with Gasteiger partial charge in [-0.05, 0) is 87.5 Å². The maximum absolute atomic E-state index is 13.5. The van der Waals surface area contributed by atoms with Crippen LogP contribution in [0.2, 0.25) is 0 Å². The SMILES string of the molecule is COc1ccc(C2(C(=O)Nc3ccc(OCCCN4CCCC[C@H]4C)cc3)CCCCC2)cc1. The van der Waals surface area contributed by atoms with Crippen molar-refractivity contribution in [2.75, 3.05) is 32.1 Å². The quantitative estimate of drug-likeness (QED) is 0.450. The van der Waals surface area contributed by atoms with Crippen LogP contribution in [0.25, 0.3) is 0 Å². The summed E-state index contributed by atoms with van der Waals surface area (Å²) in [7, 11) is 1.67. The highest BCUT2D eigenvalue weighted by Gasteiger charge is 2.41. The number of ether oxygens (including phenoxy) is 2. The maximum atomic E-state index is 13.5. The molecule has 2 aromatic carbocycles. The summed E-state index contributed by atoms with van der Waals surface area (Å²) < 4.78 is 11.3. The maximum Gasteiger partial charge on any atom is 0.235 e. The molecule has 1 N–H and O–H groups in total. The third-order valence-electron chi connectivity index (χ3n) is 7.70. The normalized spacial score (nSPS) is 20.5. The van der Waals surface area contributed by atoms with Crippen LogP contribution in [0, 0.1) is 0 Å². The van der Waals surface area contributed by atoms with E-state index in [4.69, 9.17) is 9.47 Å². The largest absolute Gasteiger partial charge is 0.497 e. The van der Waals surface area contributed by atoms with Crippen LogP contribution in [0.4, 0.5) is 5.69 Å². The topological polar surface area (TPSA) is 50.8 Å². The molecule has 1 heterocycles. The molecule has 1 amide bonds. The smallest absolute Gasteiger partial charge is 0.235 e. The summed E-state index contributed by atoms with van der Waals surface area (Å²) in [5.41, 5.74) is 1.41. The molecule has 5 nitrogen and oxygen atoms in total.